The van der Waals surface area contributed by atoms with Crippen LogP contribution in [0.15, 0.2) is 101 Å². The van der Waals surface area contributed by atoms with Gasteiger partial charge in [0.2, 0.25) is 0 Å². The number of methoxy groups -OCH3 is 1. The highest BCUT2D eigenvalue weighted by Gasteiger charge is 2.22. The molecule has 4 N–H and O–H groups in total. The summed E-state index contributed by atoms with van der Waals surface area (Å²) in [6.07, 6.45) is 9.56. The Kier molecular flexibility index (Phi) is 9.46. The highest BCUT2D eigenvalue weighted by atomic mass is 16.5. The minimum Gasteiger partial charge on any atom is -0.497 e. The summed E-state index contributed by atoms with van der Waals surface area (Å²) < 4.78 is 5.33. The number of ether oxygens (including phenoxy) is 1. The fourth-order valence-electron chi connectivity index (χ4n) is 4.84. The number of rotatable bonds is 10. The molecule has 0 unspecified atom stereocenters. The molecule has 0 fully saturated rings. The molecule has 0 amide bonds. The maximum atomic E-state index is 13.2. The largest absolute Gasteiger partial charge is 0.497 e. The predicted molar refractivity (Wildman–Crippen MR) is 162 cm³/mol. The standard InChI is InChI=1S/C32H36N6O2/c1-21(29(23-11-7-5-8-12-23)31(34-3)25-13-9-6-10-14-25)37-32(38-28-20-35-27(33)19-36-28)30(22(2)39)24-15-17-26(40-4)18-16-24/h6,9-11,13-20,37H,5,7-8,12H2,1-4H3,(H2,33,35)(H,36,38)/b29-21+,32-30-,34-31?. The molecular weight excluding hydrogens is 500 g/mol. The molecule has 1 heterocycles. The van der Waals surface area contributed by atoms with Gasteiger partial charge in [-0.25, -0.2) is 9.97 Å². The molecule has 2 aromatic carbocycles. The van der Waals surface area contributed by atoms with Gasteiger partial charge in [-0.15, -0.1) is 0 Å². The Labute approximate surface area is 235 Å². The van der Waals surface area contributed by atoms with Gasteiger partial charge in [0.05, 0.1) is 30.8 Å². The summed E-state index contributed by atoms with van der Waals surface area (Å²) >= 11 is 0. The van der Waals surface area contributed by atoms with Gasteiger partial charge >= 0.3 is 0 Å². The first-order valence-electron chi connectivity index (χ1n) is 13.3. The fourth-order valence-corrected chi connectivity index (χ4v) is 4.84. The van der Waals surface area contributed by atoms with Crippen molar-refractivity contribution in [3.8, 4) is 5.75 Å². The number of nitrogens with zero attached hydrogens (tertiary/aromatic N) is 3. The van der Waals surface area contributed by atoms with Gasteiger partial charge in [-0.3, -0.25) is 9.79 Å². The van der Waals surface area contributed by atoms with Crippen molar-refractivity contribution in [2.45, 2.75) is 39.5 Å². The molecule has 8 nitrogen and oxygen atoms in total. The van der Waals surface area contributed by atoms with E-state index in [9.17, 15) is 4.79 Å². The number of anilines is 2. The van der Waals surface area contributed by atoms with Gasteiger partial charge in [-0.2, -0.15) is 0 Å². The summed E-state index contributed by atoms with van der Waals surface area (Å²) in [4.78, 5) is 26.4. The Morgan fingerprint density at radius 2 is 1.70 bits per heavy atom. The van der Waals surface area contributed by atoms with Crippen LogP contribution in [0, 0.1) is 0 Å². The van der Waals surface area contributed by atoms with Gasteiger partial charge < -0.3 is 21.1 Å². The molecule has 0 bridgehead atoms. The van der Waals surface area contributed by atoms with E-state index in [2.05, 4.69) is 38.8 Å². The number of carbonyl (C=O) groups excluding carboxylic acids is 1. The molecule has 0 atom stereocenters. The molecule has 0 radical (unpaired) electrons. The summed E-state index contributed by atoms with van der Waals surface area (Å²) in [6.45, 7) is 3.56. The van der Waals surface area contributed by atoms with Crippen molar-refractivity contribution in [2.24, 2.45) is 4.99 Å². The van der Waals surface area contributed by atoms with E-state index in [0.29, 0.717) is 28.8 Å². The van der Waals surface area contributed by atoms with Gasteiger partial charge in [0.15, 0.2) is 5.78 Å². The second kappa shape index (κ2) is 13.4. The number of carbonyl (C=O) groups is 1. The van der Waals surface area contributed by atoms with Crippen LogP contribution in [0.5, 0.6) is 5.75 Å². The Morgan fingerprint density at radius 1 is 0.950 bits per heavy atom. The number of Topliss-reactive ketones (excluding diaryl/α,β-unsaturated/α-hetero) is 1. The van der Waals surface area contributed by atoms with Crippen molar-refractivity contribution in [3.63, 3.8) is 0 Å². The normalized spacial score (nSPS) is 14.9. The zero-order chi connectivity index (χ0) is 28.5. The first kappa shape index (κ1) is 28.3. The van der Waals surface area contributed by atoms with E-state index >= 15 is 0 Å². The van der Waals surface area contributed by atoms with Crippen molar-refractivity contribution < 1.29 is 9.53 Å². The molecule has 1 aliphatic carbocycles. The van der Waals surface area contributed by atoms with Crippen LogP contribution in [-0.2, 0) is 4.79 Å². The third-order valence-corrected chi connectivity index (χ3v) is 6.71. The van der Waals surface area contributed by atoms with E-state index in [-0.39, 0.29) is 5.78 Å². The average molecular weight is 537 g/mol. The van der Waals surface area contributed by atoms with E-state index in [1.165, 1.54) is 24.4 Å². The maximum absolute atomic E-state index is 13.2. The van der Waals surface area contributed by atoms with Crippen molar-refractivity contribution in [1.82, 2.24) is 15.3 Å². The zero-order valence-electron chi connectivity index (χ0n) is 23.5. The second-order valence-electron chi connectivity index (χ2n) is 9.52. The maximum Gasteiger partial charge on any atom is 0.164 e. The number of hydrogen-bond acceptors (Lipinski definition) is 8. The Bertz CT molecular complexity index is 1450. The molecule has 8 heteroatoms. The first-order chi connectivity index (χ1) is 19.4. The predicted octanol–water partition coefficient (Wildman–Crippen LogP) is 5.92. The summed E-state index contributed by atoms with van der Waals surface area (Å²) in [6, 6.07) is 17.5. The minimum atomic E-state index is -0.123. The molecule has 1 aliphatic rings. The third kappa shape index (κ3) is 6.83. The van der Waals surface area contributed by atoms with Gasteiger partial charge in [0.25, 0.3) is 0 Å². The van der Waals surface area contributed by atoms with E-state index in [4.69, 9.17) is 15.5 Å². The Balaban J connectivity index is 1.90. The van der Waals surface area contributed by atoms with Crippen molar-refractivity contribution >= 4 is 28.7 Å². The zero-order valence-corrected chi connectivity index (χ0v) is 23.5. The number of aliphatic imine (C=N–C) groups is 1. The number of nitrogens with one attached hydrogen (secondary N) is 2. The molecule has 0 aliphatic heterocycles. The van der Waals surface area contributed by atoms with Crippen LogP contribution in [0.4, 0.5) is 11.6 Å². The number of benzene rings is 2. The first-order valence-corrected chi connectivity index (χ1v) is 13.3. The summed E-state index contributed by atoms with van der Waals surface area (Å²) in [5.74, 6) is 1.81. The third-order valence-electron chi connectivity index (χ3n) is 6.71. The van der Waals surface area contributed by atoms with Gasteiger partial charge in [-0.05, 0) is 62.8 Å². The van der Waals surface area contributed by atoms with Crippen LogP contribution in [0.1, 0.15) is 50.7 Å². The number of nitrogens with two attached hydrogens (primary N) is 1. The number of nitrogen functional groups attached to an aromatic ring is 1. The lowest BCUT2D eigenvalue weighted by atomic mass is 9.87. The quantitative estimate of drug-likeness (QED) is 0.218. The molecule has 0 spiro atoms. The molecule has 4 rings (SSSR count). The monoisotopic (exact) mass is 536 g/mol. The van der Waals surface area contributed by atoms with E-state index in [1.807, 2.05) is 56.4 Å². The lowest BCUT2D eigenvalue weighted by Crippen LogP contribution is -2.26. The molecule has 1 aromatic heterocycles. The number of aromatic nitrogens is 2. The van der Waals surface area contributed by atoms with E-state index in [0.717, 1.165) is 47.4 Å². The fraction of sp³-hybridized carbons (Fsp3) is 0.250. The Hall–Kier alpha value is -4.72. The van der Waals surface area contributed by atoms with Crippen LogP contribution < -0.4 is 21.1 Å². The van der Waals surface area contributed by atoms with E-state index in [1.54, 1.807) is 14.0 Å². The smallest absolute Gasteiger partial charge is 0.164 e. The molecule has 3 aromatic rings. The number of ketones is 1. The van der Waals surface area contributed by atoms with Crippen LogP contribution in [0.25, 0.3) is 5.57 Å². The highest BCUT2D eigenvalue weighted by Crippen LogP contribution is 2.30. The molecular formula is C32H36N6O2. The topological polar surface area (TPSA) is 115 Å². The van der Waals surface area contributed by atoms with Crippen LogP contribution in [0.3, 0.4) is 0 Å². The van der Waals surface area contributed by atoms with E-state index < -0.39 is 0 Å². The molecule has 206 valence electrons. The molecule has 0 saturated heterocycles. The van der Waals surface area contributed by atoms with Gasteiger partial charge in [0, 0.05) is 23.9 Å². The van der Waals surface area contributed by atoms with Crippen molar-refractivity contribution in [1.29, 1.82) is 0 Å². The summed E-state index contributed by atoms with van der Waals surface area (Å²) in [5, 5.41) is 6.84. The number of hydrogen-bond donors (Lipinski definition) is 3. The summed E-state index contributed by atoms with van der Waals surface area (Å²) in [5.41, 5.74) is 12.0. The average Bonchev–Trinajstić information content (AvgIpc) is 2.98. The van der Waals surface area contributed by atoms with Crippen LogP contribution in [0.2, 0.25) is 0 Å². The van der Waals surface area contributed by atoms with Crippen LogP contribution in [-0.4, -0.2) is 35.6 Å². The Morgan fingerprint density at radius 3 is 2.27 bits per heavy atom. The van der Waals surface area contributed by atoms with Gasteiger partial charge in [0.1, 0.15) is 23.2 Å². The molecule has 0 saturated carbocycles. The lowest BCUT2D eigenvalue weighted by Gasteiger charge is -2.24. The minimum absolute atomic E-state index is 0.123. The van der Waals surface area contributed by atoms with Crippen molar-refractivity contribution in [3.05, 3.63) is 107 Å². The highest BCUT2D eigenvalue weighted by molar-refractivity contribution is 6.21. The molecule has 40 heavy (non-hydrogen) atoms. The SMILES string of the molecule is CN=C(/C(C1=CCCCC1)=C(\C)N/C(Nc1cnc(N)cn1)=C(\C(C)=O)c1ccc(OC)cc1)c1ccccc1. The number of allylic oxidation sites excluding steroid dienone is 5. The lowest BCUT2D eigenvalue weighted by molar-refractivity contribution is -0.111. The van der Waals surface area contributed by atoms with Gasteiger partial charge in [-0.1, -0.05) is 48.5 Å². The van der Waals surface area contributed by atoms with Crippen LogP contribution >= 0.6 is 0 Å². The van der Waals surface area contributed by atoms with Crippen molar-refractivity contribution in [2.75, 3.05) is 25.2 Å². The summed E-state index contributed by atoms with van der Waals surface area (Å²) in [7, 11) is 3.43. The second-order valence-corrected chi connectivity index (χ2v) is 9.52.